The Labute approximate surface area is 183 Å². The van der Waals surface area contributed by atoms with Crippen molar-refractivity contribution in [1.29, 1.82) is 0 Å². The van der Waals surface area contributed by atoms with Crippen LogP contribution in [0, 0.1) is 10.1 Å². The lowest BCUT2D eigenvalue weighted by Gasteiger charge is -2.39. The molecule has 3 heterocycles. The smallest absolute Gasteiger partial charge is 0.292 e. The molecule has 3 N–H and O–H groups in total. The molecule has 2 amide bonds. The first-order chi connectivity index (χ1) is 15.3. The molecule has 2 aromatic rings. The number of rotatable bonds is 4. The molecule has 1 aromatic heterocycles. The number of hydrogen-bond acceptors (Lipinski definition) is 7. The maximum Gasteiger partial charge on any atom is 0.292 e. The molecule has 1 aromatic carbocycles. The Morgan fingerprint density at radius 1 is 1.22 bits per heavy atom. The van der Waals surface area contributed by atoms with Crippen LogP contribution < -0.4 is 21.1 Å². The van der Waals surface area contributed by atoms with E-state index in [1.165, 1.54) is 18.2 Å². The van der Waals surface area contributed by atoms with Gasteiger partial charge in [-0.2, -0.15) is 4.98 Å². The quantitative estimate of drug-likeness (QED) is 0.488. The molecular weight excluding hydrogens is 416 g/mol. The summed E-state index contributed by atoms with van der Waals surface area (Å²) in [5.74, 6) is -1.86. The van der Waals surface area contributed by atoms with E-state index in [9.17, 15) is 24.5 Å². The lowest BCUT2D eigenvalue weighted by atomic mass is 9.92. The Hall–Kier alpha value is -3.76. The molecule has 32 heavy (non-hydrogen) atoms. The molecule has 11 heteroatoms. The molecule has 4 rings (SSSR count). The van der Waals surface area contributed by atoms with E-state index in [0.717, 1.165) is 19.3 Å². The molecule has 1 fully saturated rings. The molecule has 0 radical (unpaired) electrons. The van der Waals surface area contributed by atoms with Crippen LogP contribution in [0.3, 0.4) is 0 Å². The van der Waals surface area contributed by atoms with Crippen LogP contribution in [0.25, 0.3) is 0 Å². The van der Waals surface area contributed by atoms with Crippen LogP contribution >= 0.6 is 0 Å². The number of nitro benzene ring substituents is 1. The molecule has 0 spiro atoms. The summed E-state index contributed by atoms with van der Waals surface area (Å²) in [6.45, 7) is 4.10. The number of piperidine rings is 1. The van der Waals surface area contributed by atoms with Crippen molar-refractivity contribution in [2.24, 2.45) is 0 Å². The summed E-state index contributed by atoms with van der Waals surface area (Å²) < 4.78 is 0. The van der Waals surface area contributed by atoms with Gasteiger partial charge in [-0.3, -0.25) is 29.5 Å². The molecule has 1 saturated heterocycles. The molecule has 0 bridgehead atoms. The zero-order valence-electron chi connectivity index (χ0n) is 17.8. The lowest BCUT2D eigenvalue weighted by molar-refractivity contribution is -0.383. The SMILES string of the molecule is CC1CCCC(C)N1c1nc2c(c(=O)[nH]1)C(C(=O)Nc1ccccc1[N+](=O)[O-])CC(=O)N2. The second-order valence-electron chi connectivity index (χ2n) is 8.26. The van der Waals surface area contributed by atoms with Gasteiger partial charge in [-0.1, -0.05) is 12.1 Å². The van der Waals surface area contributed by atoms with Gasteiger partial charge in [-0.05, 0) is 39.2 Å². The van der Waals surface area contributed by atoms with Gasteiger partial charge in [0.05, 0.1) is 16.4 Å². The van der Waals surface area contributed by atoms with Crippen molar-refractivity contribution in [3.63, 3.8) is 0 Å². The largest absolute Gasteiger partial charge is 0.337 e. The van der Waals surface area contributed by atoms with Gasteiger partial charge in [0.2, 0.25) is 17.8 Å². The Kier molecular flexibility index (Phi) is 5.64. The van der Waals surface area contributed by atoms with Crippen LogP contribution in [0.15, 0.2) is 29.1 Å². The summed E-state index contributed by atoms with van der Waals surface area (Å²) in [6, 6.07) is 6.01. The van der Waals surface area contributed by atoms with Crippen molar-refractivity contribution in [2.75, 3.05) is 15.5 Å². The van der Waals surface area contributed by atoms with Gasteiger partial charge in [-0.15, -0.1) is 0 Å². The summed E-state index contributed by atoms with van der Waals surface area (Å²) in [5.41, 5.74) is -0.761. The van der Waals surface area contributed by atoms with Gasteiger partial charge in [0.25, 0.3) is 11.2 Å². The number of benzene rings is 1. The number of carbonyl (C=O) groups excluding carboxylic acids is 2. The number of nitrogens with zero attached hydrogens (tertiary/aromatic N) is 3. The third kappa shape index (κ3) is 3.93. The van der Waals surface area contributed by atoms with E-state index in [1.807, 2.05) is 4.90 Å². The number of carbonyl (C=O) groups is 2. The van der Waals surface area contributed by atoms with Gasteiger partial charge in [0.15, 0.2) is 0 Å². The number of hydrogen-bond donors (Lipinski definition) is 3. The normalized spacial score (nSPS) is 22.6. The van der Waals surface area contributed by atoms with Crippen molar-refractivity contribution < 1.29 is 14.5 Å². The molecular formula is C21H24N6O5. The van der Waals surface area contributed by atoms with Crippen LogP contribution in [0.4, 0.5) is 23.1 Å². The Morgan fingerprint density at radius 3 is 2.59 bits per heavy atom. The first kappa shape index (κ1) is 21.5. The zero-order chi connectivity index (χ0) is 23.0. The number of nitro groups is 1. The van der Waals surface area contributed by atoms with E-state index >= 15 is 0 Å². The Balaban J connectivity index is 1.69. The van der Waals surface area contributed by atoms with Gasteiger partial charge < -0.3 is 15.5 Å². The predicted molar refractivity (Wildman–Crippen MR) is 118 cm³/mol. The number of H-pyrrole nitrogens is 1. The maximum atomic E-state index is 13.0. The van der Waals surface area contributed by atoms with E-state index in [0.29, 0.717) is 5.95 Å². The number of fused-ring (bicyclic) bond motifs is 1. The van der Waals surface area contributed by atoms with Crippen molar-refractivity contribution in [3.05, 3.63) is 50.3 Å². The second kappa shape index (κ2) is 8.40. The van der Waals surface area contributed by atoms with Gasteiger partial charge in [0, 0.05) is 24.6 Å². The van der Waals surface area contributed by atoms with E-state index in [4.69, 9.17) is 0 Å². The van der Waals surface area contributed by atoms with Crippen molar-refractivity contribution in [1.82, 2.24) is 9.97 Å². The molecule has 2 aliphatic rings. The van der Waals surface area contributed by atoms with Crippen molar-refractivity contribution in [2.45, 2.75) is 57.5 Å². The van der Waals surface area contributed by atoms with E-state index < -0.39 is 28.2 Å². The Morgan fingerprint density at radius 2 is 1.91 bits per heavy atom. The average Bonchev–Trinajstić information content (AvgIpc) is 2.73. The topological polar surface area (TPSA) is 150 Å². The number of aromatic amines is 1. The molecule has 3 atom stereocenters. The fourth-order valence-electron chi connectivity index (χ4n) is 4.50. The van der Waals surface area contributed by atoms with Crippen molar-refractivity contribution >= 4 is 35.0 Å². The standard InChI is InChI=1S/C21H24N6O5/c1-11-6-5-7-12(2)26(11)21-24-18-17(20(30)25-21)13(10-16(28)23-18)19(29)22-14-8-3-4-9-15(14)27(31)32/h3-4,8-9,11-13H,5-7,10H2,1-2H3,(H,22,29)(H2,23,24,25,28,30). The molecule has 0 aliphatic carbocycles. The fourth-order valence-corrected chi connectivity index (χ4v) is 4.50. The van der Waals surface area contributed by atoms with Crippen LogP contribution in [0.2, 0.25) is 0 Å². The molecule has 0 saturated carbocycles. The lowest BCUT2D eigenvalue weighted by Crippen LogP contribution is -2.46. The highest BCUT2D eigenvalue weighted by molar-refractivity contribution is 6.05. The zero-order valence-corrected chi connectivity index (χ0v) is 17.8. The predicted octanol–water partition coefficient (Wildman–Crippen LogP) is 2.51. The second-order valence-corrected chi connectivity index (χ2v) is 8.26. The van der Waals surface area contributed by atoms with Crippen LogP contribution in [-0.2, 0) is 9.59 Å². The third-order valence-corrected chi connectivity index (χ3v) is 6.05. The minimum Gasteiger partial charge on any atom is -0.337 e. The minimum absolute atomic E-state index is 0.00740. The number of para-hydroxylation sites is 2. The summed E-state index contributed by atoms with van der Waals surface area (Å²) >= 11 is 0. The van der Waals surface area contributed by atoms with Gasteiger partial charge in [-0.25, -0.2) is 0 Å². The van der Waals surface area contributed by atoms with Crippen LogP contribution in [0.1, 0.15) is 51.0 Å². The third-order valence-electron chi connectivity index (χ3n) is 6.05. The Bertz CT molecular complexity index is 1140. The number of amides is 2. The minimum atomic E-state index is -1.12. The van der Waals surface area contributed by atoms with Gasteiger partial charge in [0.1, 0.15) is 11.5 Å². The molecule has 11 nitrogen and oxygen atoms in total. The molecule has 168 valence electrons. The first-order valence-corrected chi connectivity index (χ1v) is 10.5. The summed E-state index contributed by atoms with van der Waals surface area (Å²) in [5, 5.41) is 16.3. The summed E-state index contributed by atoms with van der Waals surface area (Å²) in [7, 11) is 0. The van der Waals surface area contributed by atoms with E-state index in [-0.39, 0.29) is 41.3 Å². The number of nitrogens with one attached hydrogen (secondary N) is 3. The average molecular weight is 440 g/mol. The summed E-state index contributed by atoms with van der Waals surface area (Å²) in [6.07, 6.45) is 2.73. The van der Waals surface area contributed by atoms with Gasteiger partial charge >= 0.3 is 0 Å². The fraction of sp³-hybridized carbons (Fsp3) is 0.429. The molecule has 3 unspecified atom stereocenters. The highest BCUT2D eigenvalue weighted by atomic mass is 16.6. The monoisotopic (exact) mass is 440 g/mol. The number of aromatic nitrogens is 2. The van der Waals surface area contributed by atoms with E-state index in [2.05, 4.69) is 34.4 Å². The van der Waals surface area contributed by atoms with Crippen LogP contribution in [-0.4, -0.2) is 38.8 Å². The highest BCUT2D eigenvalue weighted by Gasteiger charge is 2.36. The van der Waals surface area contributed by atoms with Crippen molar-refractivity contribution in [3.8, 4) is 0 Å². The molecule has 2 aliphatic heterocycles. The van der Waals surface area contributed by atoms with Crippen LogP contribution in [0.5, 0.6) is 0 Å². The highest BCUT2D eigenvalue weighted by Crippen LogP contribution is 2.33. The maximum absolute atomic E-state index is 13.0. The summed E-state index contributed by atoms with van der Waals surface area (Å²) in [4.78, 5) is 58.3. The number of anilines is 3. The van der Waals surface area contributed by atoms with E-state index in [1.54, 1.807) is 6.07 Å². The first-order valence-electron chi connectivity index (χ1n) is 10.5.